The Kier molecular flexibility index (Phi) is 3.56. The van der Waals surface area contributed by atoms with E-state index in [9.17, 15) is 4.79 Å². The Labute approximate surface area is 99.0 Å². The van der Waals surface area contributed by atoms with Crippen LogP contribution in [-0.4, -0.2) is 30.1 Å². The summed E-state index contributed by atoms with van der Waals surface area (Å²) in [4.78, 5) is 16.8. The van der Waals surface area contributed by atoms with E-state index >= 15 is 0 Å². The van der Waals surface area contributed by atoms with E-state index in [-0.39, 0.29) is 12.0 Å². The predicted molar refractivity (Wildman–Crippen MR) is 62.9 cm³/mol. The fourth-order valence-electron chi connectivity index (χ4n) is 1.83. The summed E-state index contributed by atoms with van der Waals surface area (Å²) >= 11 is 1.44. The summed E-state index contributed by atoms with van der Waals surface area (Å²) in [5.41, 5.74) is 0.812. The topological polar surface area (TPSA) is 51.2 Å². The molecule has 4 nitrogen and oxygen atoms in total. The smallest absolute Gasteiger partial charge is 0.263 e. The molecular weight excluding hydrogens is 224 g/mol. The van der Waals surface area contributed by atoms with Gasteiger partial charge in [-0.05, 0) is 26.7 Å². The van der Waals surface area contributed by atoms with Crippen molar-refractivity contribution in [1.29, 1.82) is 0 Å². The second-order valence-electron chi connectivity index (χ2n) is 3.99. The number of hydrogen-bond donors (Lipinski definition) is 1. The summed E-state index contributed by atoms with van der Waals surface area (Å²) < 4.78 is 5.45. The Bertz CT molecular complexity index is 383. The SMILES string of the molecule is Cc1nc(C)c(C(=O)NC[C@H]2CCCO2)s1. The first-order valence-corrected chi connectivity index (χ1v) is 6.32. The van der Waals surface area contributed by atoms with E-state index in [0.717, 1.165) is 35.0 Å². The van der Waals surface area contributed by atoms with Gasteiger partial charge in [-0.3, -0.25) is 4.79 Å². The molecule has 1 aliphatic heterocycles. The summed E-state index contributed by atoms with van der Waals surface area (Å²) in [7, 11) is 0. The van der Waals surface area contributed by atoms with Crippen LogP contribution in [0.1, 0.15) is 33.2 Å². The molecule has 0 aromatic carbocycles. The van der Waals surface area contributed by atoms with E-state index in [1.54, 1.807) is 0 Å². The maximum absolute atomic E-state index is 11.8. The van der Waals surface area contributed by atoms with Crippen molar-refractivity contribution in [2.24, 2.45) is 0 Å². The van der Waals surface area contributed by atoms with Gasteiger partial charge in [0.25, 0.3) is 5.91 Å². The van der Waals surface area contributed by atoms with Gasteiger partial charge in [0.2, 0.25) is 0 Å². The lowest BCUT2D eigenvalue weighted by atomic mass is 10.2. The summed E-state index contributed by atoms with van der Waals surface area (Å²) in [6.07, 6.45) is 2.33. The maximum atomic E-state index is 11.8. The van der Waals surface area contributed by atoms with E-state index in [2.05, 4.69) is 10.3 Å². The standard InChI is InChI=1S/C11H16N2O2S/c1-7-10(16-8(2)13-7)11(14)12-6-9-4-3-5-15-9/h9H,3-6H2,1-2H3,(H,12,14)/t9-/m1/s1. The van der Waals surface area contributed by atoms with Gasteiger partial charge in [0.1, 0.15) is 4.88 Å². The number of carbonyl (C=O) groups excluding carboxylic acids is 1. The number of rotatable bonds is 3. The molecule has 1 N–H and O–H groups in total. The first-order valence-electron chi connectivity index (χ1n) is 5.50. The number of ether oxygens (including phenoxy) is 1. The van der Waals surface area contributed by atoms with Crippen molar-refractivity contribution in [2.75, 3.05) is 13.2 Å². The highest BCUT2D eigenvalue weighted by atomic mass is 32.1. The van der Waals surface area contributed by atoms with Crippen molar-refractivity contribution in [2.45, 2.75) is 32.8 Å². The molecule has 5 heteroatoms. The third kappa shape index (κ3) is 2.59. The lowest BCUT2D eigenvalue weighted by molar-refractivity contribution is 0.0860. The van der Waals surface area contributed by atoms with E-state index < -0.39 is 0 Å². The van der Waals surface area contributed by atoms with Crippen LogP contribution >= 0.6 is 11.3 Å². The van der Waals surface area contributed by atoms with Crippen LogP contribution in [-0.2, 0) is 4.74 Å². The summed E-state index contributed by atoms with van der Waals surface area (Å²) in [6, 6.07) is 0. The zero-order valence-corrected chi connectivity index (χ0v) is 10.4. The van der Waals surface area contributed by atoms with Gasteiger partial charge in [-0.1, -0.05) is 0 Å². The molecule has 1 saturated heterocycles. The van der Waals surface area contributed by atoms with Crippen LogP contribution in [0.4, 0.5) is 0 Å². The average Bonchev–Trinajstić information content (AvgIpc) is 2.84. The number of aromatic nitrogens is 1. The molecule has 88 valence electrons. The minimum absolute atomic E-state index is 0.0291. The Morgan fingerprint density at radius 2 is 2.44 bits per heavy atom. The number of amides is 1. The van der Waals surface area contributed by atoms with E-state index in [4.69, 9.17) is 4.74 Å². The molecule has 1 aliphatic rings. The van der Waals surface area contributed by atoms with Crippen LogP contribution in [0.3, 0.4) is 0 Å². The van der Waals surface area contributed by atoms with E-state index in [1.165, 1.54) is 11.3 Å². The monoisotopic (exact) mass is 240 g/mol. The minimum Gasteiger partial charge on any atom is -0.376 e. The van der Waals surface area contributed by atoms with Crippen molar-refractivity contribution < 1.29 is 9.53 Å². The average molecular weight is 240 g/mol. The molecule has 1 fully saturated rings. The van der Waals surface area contributed by atoms with E-state index in [1.807, 2.05) is 13.8 Å². The number of hydrogen-bond acceptors (Lipinski definition) is 4. The number of nitrogens with one attached hydrogen (secondary N) is 1. The largest absolute Gasteiger partial charge is 0.376 e. The van der Waals surface area contributed by atoms with Gasteiger partial charge in [0.05, 0.1) is 16.8 Å². The van der Waals surface area contributed by atoms with Crippen molar-refractivity contribution >= 4 is 17.2 Å². The van der Waals surface area contributed by atoms with Gasteiger partial charge < -0.3 is 10.1 Å². The van der Waals surface area contributed by atoms with E-state index in [0.29, 0.717) is 6.54 Å². The second kappa shape index (κ2) is 4.93. The Morgan fingerprint density at radius 1 is 1.62 bits per heavy atom. The number of carbonyl (C=O) groups is 1. The molecule has 0 spiro atoms. The van der Waals surface area contributed by atoms with Gasteiger partial charge in [-0.15, -0.1) is 11.3 Å². The number of nitrogens with zero attached hydrogens (tertiary/aromatic N) is 1. The molecular formula is C11H16N2O2S. The van der Waals surface area contributed by atoms with Crippen LogP contribution in [0.15, 0.2) is 0 Å². The number of aryl methyl sites for hydroxylation is 2. The highest BCUT2D eigenvalue weighted by molar-refractivity contribution is 7.13. The first-order chi connectivity index (χ1) is 7.66. The lowest BCUT2D eigenvalue weighted by Crippen LogP contribution is -2.31. The lowest BCUT2D eigenvalue weighted by Gasteiger charge is -2.09. The molecule has 1 amide bonds. The zero-order chi connectivity index (χ0) is 11.5. The van der Waals surface area contributed by atoms with Crippen molar-refractivity contribution in [3.63, 3.8) is 0 Å². The molecule has 1 aromatic heterocycles. The Hall–Kier alpha value is -0.940. The molecule has 2 heterocycles. The quantitative estimate of drug-likeness (QED) is 0.874. The molecule has 1 atom stereocenters. The van der Waals surface area contributed by atoms with Crippen LogP contribution in [0, 0.1) is 13.8 Å². The number of thiazole rings is 1. The van der Waals surface area contributed by atoms with Crippen molar-refractivity contribution in [1.82, 2.24) is 10.3 Å². The summed E-state index contributed by atoms with van der Waals surface area (Å²) in [5.74, 6) is -0.0291. The fourth-order valence-corrected chi connectivity index (χ4v) is 2.67. The van der Waals surface area contributed by atoms with Crippen LogP contribution < -0.4 is 5.32 Å². The fraction of sp³-hybridized carbons (Fsp3) is 0.636. The van der Waals surface area contributed by atoms with Gasteiger partial charge in [0, 0.05) is 13.2 Å². The van der Waals surface area contributed by atoms with Crippen LogP contribution in [0.2, 0.25) is 0 Å². The minimum atomic E-state index is -0.0291. The molecule has 0 aliphatic carbocycles. The van der Waals surface area contributed by atoms with Crippen LogP contribution in [0.5, 0.6) is 0 Å². The second-order valence-corrected chi connectivity index (χ2v) is 5.20. The molecule has 2 rings (SSSR count). The zero-order valence-electron chi connectivity index (χ0n) is 9.58. The molecule has 16 heavy (non-hydrogen) atoms. The Balaban J connectivity index is 1.90. The molecule has 0 unspecified atom stereocenters. The van der Waals surface area contributed by atoms with Gasteiger partial charge in [-0.25, -0.2) is 4.98 Å². The molecule has 0 bridgehead atoms. The third-order valence-corrected chi connectivity index (χ3v) is 3.70. The van der Waals surface area contributed by atoms with Gasteiger partial charge in [0.15, 0.2) is 0 Å². The highest BCUT2D eigenvalue weighted by Crippen LogP contribution is 2.17. The van der Waals surface area contributed by atoms with Gasteiger partial charge in [-0.2, -0.15) is 0 Å². The van der Waals surface area contributed by atoms with Crippen molar-refractivity contribution in [3.05, 3.63) is 15.6 Å². The highest BCUT2D eigenvalue weighted by Gasteiger charge is 2.18. The summed E-state index contributed by atoms with van der Waals surface area (Å²) in [5, 5.41) is 3.83. The maximum Gasteiger partial charge on any atom is 0.263 e. The van der Waals surface area contributed by atoms with Crippen LogP contribution in [0.25, 0.3) is 0 Å². The van der Waals surface area contributed by atoms with Crippen molar-refractivity contribution in [3.8, 4) is 0 Å². The van der Waals surface area contributed by atoms with Gasteiger partial charge >= 0.3 is 0 Å². The molecule has 1 aromatic rings. The summed E-state index contributed by atoms with van der Waals surface area (Å²) in [6.45, 7) is 5.20. The molecule has 0 radical (unpaired) electrons. The Morgan fingerprint density at radius 3 is 3.00 bits per heavy atom. The molecule has 0 saturated carbocycles. The first kappa shape index (κ1) is 11.5. The third-order valence-electron chi connectivity index (χ3n) is 2.62. The normalized spacial score (nSPS) is 20.0. The predicted octanol–water partition coefficient (Wildman–Crippen LogP) is 1.67.